The van der Waals surface area contributed by atoms with Crippen molar-refractivity contribution in [3.8, 4) is 0 Å². The number of allylic oxidation sites excluding steroid dienone is 9. The summed E-state index contributed by atoms with van der Waals surface area (Å²) in [6.07, 6.45) is 13.9. The van der Waals surface area contributed by atoms with Crippen molar-refractivity contribution in [1.29, 1.82) is 0 Å². The van der Waals surface area contributed by atoms with Crippen molar-refractivity contribution in [2.75, 3.05) is 7.11 Å². The van der Waals surface area contributed by atoms with Gasteiger partial charge in [-0.15, -0.1) is 0 Å². The second kappa shape index (κ2) is 10.7. The van der Waals surface area contributed by atoms with Crippen LogP contribution in [0.1, 0.15) is 59.8 Å². The van der Waals surface area contributed by atoms with Gasteiger partial charge in [-0.1, -0.05) is 34.9 Å². The van der Waals surface area contributed by atoms with Crippen LogP contribution in [0.4, 0.5) is 0 Å². The Morgan fingerprint density at radius 2 is 1.48 bits per heavy atom. The molecule has 0 aromatic heterocycles. The van der Waals surface area contributed by atoms with Gasteiger partial charge in [-0.25, -0.2) is 0 Å². The quantitative estimate of drug-likeness (QED) is 0.416. The third kappa shape index (κ3) is 7.97. The molecule has 1 rings (SSSR count). The Bertz CT molecular complexity index is 651. The van der Waals surface area contributed by atoms with Crippen LogP contribution in [0.2, 0.25) is 0 Å². The predicted octanol–water partition coefficient (Wildman–Crippen LogP) is 5.40. The first-order valence-corrected chi connectivity index (χ1v) is 8.83. The maximum Gasteiger partial charge on any atom is 0.220 e. The lowest BCUT2D eigenvalue weighted by Gasteiger charge is -2.10. The van der Waals surface area contributed by atoms with Crippen molar-refractivity contribution in [2.45, 2.75) is 59.8 Å². The van der Waals surface area contributed by atoms with E-state index >= 15 is 0 Å². The summed E-state index contributed by atoms with van der Waals surface area (Å²) in [5.74, 6) is -0.267. The molecule has 0 heterocycles. The van der Waals surface area contributed by atoms with Crippen LogP contribution >= 0.6 is 0 Å². The Morgan fingerprint density at radius 1 is 0.880 bits per heavy atom. The minimum atomic E-state index is -0.238. The van der Waals surface area contributed by atoms with Gasteiger partial charge >= 0.3 is 0 Å². The zero-order valence-electron chi connectivity index (χ0n) is 16.1. The summed E-state index contributed by atoms with van der Waals surface area (Å²) in [7, 11) is 1.40. The van der Waals surface area contributed by atoms with Gasteiger partial charge in [0.1, 0.15) is 0 Å². The fourth-order valence-electron chi connectivity index (χ4n) is 2.53. The minimum Gasteiger partial charge on any atom is -0.493 e. The zero-order valence-corrected chi connectivity index (χ0v) is 16.1. The summed E-state index contributed by atoms with van der Waals surface area (Å²) in [6, 6.07) is 0. The largest absolute Gasteiger partial charge is 0.493 e. The number of ether oxygens (including phenoxy) is 1. The van der Waals surface area contributed by atoms with Crippen LogP contribution in [0.3, 0.4) is 0 Å². The number of hydrogen-bond acceptors (Lipinski definition) is 3. The van der Waals surface area contributed by atoms with E-state index in [-0.39, 0.29) is 17.3 Å². The lowest BCUT2D eigenvalue weighted by molar-refractivity contribution is -0.117. The monoisotopic (exact) mass is 342 g/mol. The van der Waals surface area contributed by atoms with Crippen molar-refractivity contribution in [3.05, 3.63) is 58.4 Å². The van der Waals surface area contributed by atoms with Crippen molar-refractivity contribution in [2.24, 2.45) is 0 Å². The minimum absolute atomic E-state index is 0.114. The third-order valence-electron chi connectivity index (χ3n) is 4.14. The number of methoxy groups -OCH3 is 1. The van der Waals surface area contributed by atoms with E-state index in [2.05, 4.69) is 39.8 Å². The zero-order chi connectivity index (χ0) is 18.8. The molecule has 25 heavy (non-hydrogen) atoms. The Kier molecular flexibility index (Phi) is 8.90. The van der Waals surface area contributed by atoms with Gasteiger partial charge in [0.25, 0.3) is 0 Å². The van der Waals surface area contributed by atoms with E-state index in [9.17, 15) is 9.59 Å². The molecule has 0 radical (unpaired) electrons. The Hall–Kier alpha value is -2.16. The molecule has 0 atom stereocenters. The van der Waals surface area contributed by atoms with Crippen molar-refractivity contribution in [1.82, 2.24) is 0 Å². The first kappa shape index (κ1) is 20.9. The van der Waals surface area contributed by atoms with E-state index in [1.165, 1.54) is 36.0 Å². The summed E-state index contributed by atoms with van der Waals surface area (Å²) in [5, 5.41) is 0. The Balaban J connectivity index is 2.45. The molecule has 3 nitrogen and oxygen atoms in total. The first-order valence-electron chi connectivity index (χ1n) is 8.83. The van der Waals surface area contributed by atoms with Crippen LogP contribution in [0.15, 0.2) is 58.4 Å². The van der Waals surface area contributed by atoms with E-state index < -0.39 is 0 Å². The normalized spacial score (nSPS) is 15.7. The molecular weight excluding hydrogens is 312 g/mol. The van der Waals surface area contributed by atoms with Crippen LogP contribution in [0, 0.1) is 0 Å². The SMILES string of the molecule is COC1=CC(=O)C(C/C=C(\C)CC/C=C(\C)CCC=C(C)C)=CC1=O. The molecule has 0 aromatic carbocycles. The van der Waals surface area contributed by atoms with Gasteiger partial charge < -0.3 is 4.74 Å². The van der Waals surface area contributed by atoms with Gasteiger partial charge in [-0.05, 0) is 65.9 Å². The summed E-state index contributed by atoms with van der Waals surface area (Å²) < 4.78 is 4.88. The Labute approximate surface area is 151 Å². The van der Waals surface area contributed by atoms with Gasteiger partial charge in [-0.3, -0.25) is 9.59 Å². The maximum atomic E-state index is 12.0. The fourth-order valence-corrected chi connectivity index (χ4v) is 2.53. The Morgan fingerprint density at radius 3 is 2.08 bits per heavy atom. The molecule has 1 aliphatic carbocycles. The van der Waals surface area contributed by atoms with Crippen LogP contribution in [-0.2, 0) is 14.3 Å². The summed E-state index contributed by atoms with van der Waals surface area (Å²) in [5.41, 5.74) is 4.54. The number of carbonyl (C=O) groups is 2. The molecule has 0 N–H and O–H groups in total. The molecule has 0 unspecified atom stereocenters. The van der Waals surface area contributed by atoms with E-state index in [1.807, 2.05) is 6.08 Å². The lowest BCUT2D eigenvalue weighted by Crippen LogP contribution is -2.13. The molecule has 0 aliphatic heterocycles. The van der Waals surface area contributed by atoms with Gasteiger partial charge in [0.15, 0.2) is 11.5 Å². The van der Waals surface area contributed by atoms with Crippen molar-refractivity contribution >= 4 is 11.6 Å². The van der Waals surface area contributed by atoms with E-state index in [0.29, 0.717) is 12.0 Å². The van der Waals surface area contributed by atoms with Crippen molar-refractivity contribution < 1.29 is 14.3 Å². The van der Waals surface area contributed by atoms with E-state index in [4.69, 9.17) is 4.74 Å². The highest BCUT2D eigenvalue weighted by atomic mass is 16.5. The molecule has 0 spiro atoms. The average molecular weight is 342 g/mol. The average Bonchev–Trinajstić information content (AvgIpc) is 2.54. The fraction of sp³-hybridized carbons (Fsp3) is 0.455. The topological polar surface area (TPSA) is 43.4 Å². The highest BCUT2D eigenvalue weighted by Crippen LogP contribution is 2.18. The van der Waals surface area contributed by atoms with Crippen molar-refractivity contribution in [3.63, 3.8) is 0 Å². The van der Waals surface area contributed by atoms with Gasteiger partial charge in [0.05, 0.1) is 7.11 Å². The van der Waals surface area contributed by atoms with Crippen LogP contribution in [-0.4, -0.2) is 18.7 Å². The van der Waals surface area contributed by atoms with Crippen LogP contribution < -0.4 is 0 Å². The molecule has 0 bridgehead atoms. The summed E-state index contributed by atoms with van der Waals surface area (Å²) in [6.45, 7) is 8.49. The van der Waals surface area contributed by atoms with Gasteiger partial charge in [-0.2, -0.15) is 0 Å². The molecule has 0 saturated heterocycles. The number of hydrogen-bond donors (Lipinski definition) is 0. The predicted molar refractivity (Wildman–Crippen MR) is 103 cm³/mol. The van der Waals surface area contributed by atoms with Gasteiger partial charge in [0.2, 0.25) is 5.78 Å². The lowest BCUT2D eigenvalue weighted by atomic mass is 9.97. The summed E-state index contributed by atoms with van der Waals surface area (Å²) >= 11 is 0. The summed E-state index contributed by atoms with van der Waals surface area (Å²) in [4.78, 5) is 23.7. The van der Waals surface area contributed by atoms with E-state index in [1.54, 1.807) is 0 Å². The molecular formula is C22H30O3. The molecule has 136 valence electrons. The third-order valence-corrected chi connectivity index (χ3v) is 4.14. The standard InChI is InChI=1S/C22H30O3/c1-16(2)8-6-9-17(3)10-7-11-18(4)12-13-19-14-21(24)22(25-5)15-20(19)23/h8,10,12,14-15H,6-7,9,11,13H2,1-5H3/b17-10+,18-12+. The molecule has 0 fully saturated rings. The highest BCUT2D eigenvalue weighted by molar-refractivity contribution is 6.19. The van der Waals surface area contributed by atoms with Crippen LogP contribution in [0.25, 0.3) is 0 Å². The number of rotatable bonds is 9. The number of carbonyl (C=O) groups excluding carboxylic acids is 2. The highest BCUT2D eigenvalue weighted by Gasteiger charge is 2.19. The second-order valence-corrected chi connectivity index (χ2v) is 6.77. The first-order chi connectivity index (χ1) is 11.8. The molecule has 0 aromatic rings. The molecule has 0 amide bonds. The smallest absolute Gasteiger partial charge is 0.220 e. The van der Waals surface area contributed by atoms with Crippen LogP contribution in [0.5, 0.6) is 0 Å². The molecule has 3 heteroatoms. The molecule has 0 saturated carbocycles. The number of ketones is 2. The maximum absolute atomic E-state index is 12.0. The molecule has 1 aliphatic rings. The second-order valence-electron chi connectivity index (χ2n) is 6.77. The van der Waals surface area contributed by atoms with Gasteiger partial charge in [0, 0.05) is 11.6 Å². The van der Waals surface area contributed by atoms with E-state index in [0.717, 1.165) is 25.7 Å².